The van der Waals surface area contributed by atoms with E-state index in [1.54, 1.807) is 0 Å². The summed E-state index contributed by atoms with van der Waals surface area (Å²) >= 11 is 0. The third-order valence-corrected chi connectivity index (χ3v) is 3.50. The highest BCUT2D eigenvalue weighted by atomic mass is 16.2. The summed E-state index contributed by atoms with van der Waals surface area (Å²) in [6, 6.07) is 7.10. The fourth-order valence-electron chi connectivity index (χ4n) is 2.08. The summed E-state index contributed by atoms with van der Waals surface area (Å²) in [5, 5.41) is 8.79. The molecule has 1 aliphatic carbocycles. The molecule has 0 aromatic heterocycles. The number of nitrogens with one attached hydrogen (secondary N) is 3. The fraction of sp³-hybridized carbons (Fsp3) is 0.467. The van der Waals surface area contributed by atoms with Gasteiger partial charge in [-0.2, -0.15) is 0 Å². The van der Waals surface area contributed by atoms with E-state index < -0.39 is 6.03 Å². The zero-order chi connectivity index (χ0) is 15.2. The zero-order valence-electron chi connectivity index (χ0n) is 12.2. The van der Waals surface area contributed by atoms with Crippen LogP contribution in [0.15, 0.2) is 24.3 Å². The number of benzene rings is 1. The van der Waals surface area contributed by atoms with Gasteiger partial charge in [0.2, 0.25) is 5.91 Å². The van der Waals surface area contributed by atoms with Crippen molar-refractivity contribution < 1.29 is 9.59 Å². The summed E-state index contributed by atoms with van der Waals surface area (Å²) in [6.07, 6.45) is 2.06. The summed E-state index contributed by atoms with van der Waals surface area (Å²) in [6.45, 7) is 3.42. The minimum atomic E-state index is -0.569. The Bertz CT molecular complexity index is 497. The minimum absolute atomic E-state index is 0.172. The van der Waals surface area contributed by atoms with E-state index in [0.29, 0.717) is 12.2 Å². The number of urea groups is 1. The Balaban J connectivity index is 1.70. The Kier molecular flexibility index (Phi) is 5.16. The summed E-state index contributed by atoms with van der Waals surface area (Å²) < 4.78 is 0. The van der Waals surface area contributed by atoms with Crippen molar-refractivity contribution in [1.29, 1.82) is 0 Å². The first kappa shape index (κ1) is 15.3. The number of amides is 3. The zero-order valence-corrected chi connectivity index (χ0v) is 12.2. The minimum Gasteiger partial charge on any atom is -0.355 e. The molecule has 0 radical (unpaired) electrons. The normalized spacial score (nSPS) is 15.3. The van der Waals surface area contributed by atoms with Gasteiger partial charge in [-0.25, -0.2) is 4.79 Å². The van der Waals surface area contributed by atoms with Gasteiger partial charge in [0.1, 0.15) is 0 Å². The van der Waals surface area contributed by atoms with E-state index in [0.717, 1.165) is 24.9 Å². The van der Waals surface area contributed by atoms with Gasteiger partial charge in [0, 0.05) is 30.7 Å². The maximum Gasteiger partial charge on any atom is 0.316 e. The van der Waals surface area contributed by atoms with Crippen molar-refractivity contribution >= 4 is 17.6 Å². The van der Waals surface area contributed by atoms with Crippen LogP contribution < -0.4 is 21.7 Å². The van der Waals surface area contributed by atoms with E-state index in [2.05, 4.69) is 22.9 Å². The predicted octanol–water partition coefficient (Wildman–Crippen LogP) is 1.35. The Hall–Kier alpha value is -2.08. The third-order valence-electron chi connectivity index (χ3n) is 3.50. The van der Waals surface area contributed by atoms with E-state index in [9.17, 15) is 9.59 Å². The van der Waals surface area contributed by atoms with Crippen LogP contribution in [0.5, 0.6) is 0 Å². The van der Waals surface area contributed by atoms with Gasteiger partial charge in [-0.05, 0) is 37.5 Å². The van der Waals surface area contributed by atoms with Crippen molar-refractivity contribution in [2.24, 2.45) is 11.7 Å². The molecular weight excluding hydrogens is 268 g/mol. The molecule has 1 aromatic carbocycles. The lowest BCUT2D eigenvalue weighted by atomic mass is 10.1. The molecule has 1 unspecified atom stereocenters. The Morgan fingerprint density at radius 3 is 2.48 bits per heavy atom. The molecule has 0 bridgehead atoms. The number of nitrogens with two attached hydrogens (primary N) is 1. The molecule has 1 aliphatic rings. The van der Waals surface area contributed by atoms with Crippen molar-refractivity contribution in [1.82, 2.24) is 10.6 Å². The van der Waals surface area contributed by atoms with Crippen molar-refractivity contribution in [3.05, 3.63) is 29.8 Å². The number of anilines is 1. The smallest absolute Gasteiger partial charge is 0.316 e. The van der Waals surface area contributed by atoms with Crippen LogP contribution in [0.1, 0.15) is 31.4 Å². The largest absolute Gasteiger partial charge is 0.355 e. The van der Waals surface area contributed by atoms with Crippen LogP contribution in [0.2, 0.25) is 0 Å². The van der Waals surface area contributed by atoms with Gasteiger partial charge in [-0.15, -0.1) is 0 Å². The molecule has 0 spiro atoms. The van der Waals surface area contributed by atoms with E-state index >= 15 is 0 Å². The maximum absolute atomic E-state index is 11.5. The van der Waals surface area contributed by atoms with Crippen LogP contribution in [0.4, 0.5) is 10.5 Å². The second-order valence-corrected chi connectivity index (χ2v) is 5.35. The molecule has 6 nitrogen and oxygen atoms in total. The number of hydrogen-bond donors (Lipinski definition) is 4. The molecule has 1 aromatic rings. The van der Waals surface area contributed by atoms with Gasteiger partial charge in [0.25, 0.3) is 0 Å². The Morgan fingerprint density at radius 2 is 1.90 bits per heavy atom. The second-order valence-electron chi connectivity index (χ2n) is 5.35. The highest BCUT2D eigenvalue weighted by Gasteiger charge is 2.28. The molecule has 3 amide bonds. The topological polar surface area (TPSA) is 96.2 Å². The quantitative estimate of drug-likeness (QED) is 0.571. The van der Waals surface area contributed by atoms with Crippen LogP contribution >= 0.6 is 0 Å². The van der Waals surface area contributed by atoms with E-state index in [1.807, 2.05) is 24.3 Å². The number of rotatable bonds is 7. The lowest BCUT2D eigenvalue weighted by Crippen LogP contribution is -2.33. The van der Waals surface area contributed by atoms with Crippen molar-refractivity contribution in [2.45, 2.75) is 25.8 Å². The summed E-state index contributed by atoms with van der Waals surface area (Å²) in [5.41, 5.74) is 6.84. The number of hydrogen-bond acceptors (Lipinski definition) is 3. The first-order chi connectivity index (χ1) is 10.1. The molecule has 0 saturated heterocycles. The first-order valence-electron chi connectivity index (χ1n) is 7.24. The van der Waals surface area contributed by atoms with Gasteiger partial charge in [0.05, 0.1) is 0 Å². The SMILES string of the molecule is CC(NCCNC(=O)C1CC1)c1ccc(NC(N)=O)cc1. The van der Waals surface area contributed by atoms with Gasteiger partial charge >= 0.3 is 6.03 Å². The van der Waals surface area contributed by atoms with Crippen molar-refractivity contribution in [3.8, 4) is 0 Å². The van der Waals surface area contributed by atoms with Crippen LogP contribution in [0, 0.1) is 5.92 Å². The molecule has 21 heavy (non-hydrogen) atoms. The number of carbonyl (C=O) groups excluding carboxylic acids is 2. The molecular formula is C15H22N4O2. The van der Waals surface area contributed by atoms with Crippen molar-refractivity contribution in [2.75, 3.05) is 18.4 Å². The average Bonchev–Trinajstić information content (AvgIpc) is 3.28. The van der Waals surface area contributed by atoms with Gasteiger partial charge in [0.15, 0.2) is 0 Å². The van der Waals surface area contributed by atoms with Crippen molar-refractivity contribution in [3.63, 3.8) is 0 Å². The molecule has 1 atom stereocenters. The molecule has 114 valence electrons. The third kappa shape index (κ3) is 5.07. The molecule has 1 saturated carbocycles. The van der Waals surface area contributed by atoms with Crippen LogP contribution in [-0.4, -0.2) is 25.0 Å². The Morgan fingerprint density at radius 1 is 1.24 bits per heavy atom. The second kappa shape index (κ2) is 7.08. The Labute approximate surface area is 124 Å². The molecule has 5 N–H and O–H groups in total. The highest BCUT2D eigenvalue weighted by Crippen LogP contribution is 2.28. The maximum atomic E-state index is 11.5. The van der Waals surface area contributed by atoms with E-state index in [1.165, 1.54) is 0 Å². The lowest BCUT2D eigenvalue weighted by molar-refractivity contribution is -0.122. The molecule has 6 heteroatoms. The van der Waals surface area contributed by atoms with E-state index in [4.69, 9.17) is 5.73 Å². The average molecular weight is 290 g/mol. The molecule has 1 fully saturated rings. The van der Waals surface area contributed by atoms with Crippen LogP contribution in [-0.2, 0) is 4.79 Å². The fourth-order valence-corrected chi connectivity index (χ4v) is 2.08. The van der Waals surface area contributed by atoms with E-state index in [-0.39, 0.29) is 17.9 Å². The molecule has 2 rings (SSSR count). The number of carbonyl (C=O) groups is 2. The van der Waals surface area contributed by atoms with Crippen LogP contribution in [0.25, 0.3) is 0 Å². The van der Waals surface area contributed by atoms with Gasteiger partial charge in [-0.3, -0.25) is 4.79 Å². The monoisotopic (exact) mass is 290 g/mol. The standard InChI is InChI=1S/C15H22N4O2/c1-10(17-8-9-18-14(20)12-2-3-12)11-4-6-13(7-5-11)19-15(16)21/h4-7,10,12,17H,2-3,8-9H2,1H3,(H,18,20)(H3,16,19,21). The van der Waals surface area contributed by atoms with Gasteiger partial charge < -0.3 is 21.7 Å². The van der Waals surface area contributed by atoms with Crippen LogP contribution in [0.3, 0.4) is 0 Å². The summed E-state index contributed by atoms with van der Waals surface area (Å²) in [5.74, 6) is 0.430. The predicted molar refractivity (Wildman–Crippen MR) is 81.8 cm³/mol. The van der Waals surface area contributed by atoms with Gasteiger partial charge in [-0.1, -0.05) is 12.1 Å². The summed E-state index contributed by atoms with van der Waals surface area (Å²) in [7, 11) is 0. The first-order valence-corrected chi connectivity index (χ1v) is 7.24. The molecule has 0 aliphatic heterocycles. The molecule has 0 heterocycles. The highest BCUT2D eigenvalue weighted by molar-refractivity contribution is 5.87. The summed E-state index contributed by atoms with van der Waals surface area (Å²) in [4.78, 5) is 22.2. The number of primary amides is 1. The lowest BCUT2D eigenvalue weighted by Gasteiger charge is -2.15.